The van der Waals surface area contributed by atoms with Crippen LogP contribution in [-0.2, 0) is 16.1 Å². The normalized spacial score (nSPS) is 23.2. The SMILES string of the molecule is [2H]C([2H])([2H])NC(=O)[C@H]1O[C@@H](n2cnc3c(NCc4ccc(F)cc4)nc(-c4cncc(Cl)c4)nc32)[C@H](O)[C@@H]1O. The van der Waals surface area contributed by atoms with Crippen LogP contribution in [-0.4, -0.2) is 65.9 Å². The molecule has 0 bridgehead atoms. The molecule has 11 nitrogen and oxygen atoms in total. The summed E-state index contributed by atoms with van der Waals surface area (Å²) in [7, 11) is 0. The minimum atomic E-state index is -2.82. The second-order valence-corrected chi connectivity index (χ2v) is 8.45. The quantitative estimate of drug-likeness (QED) is 0.300. The molecule has 0 unspecified atom stereocenters. The third-order valence-electron chi connectivity index (χ3n) is 5.65. The largest absolute Gasteiger partial charge is 0.387 e. The average Bonchev–Trinajstić information content (AvgIpc) is 3.43. The number of carbonyl (C=O) groups is 1. The number of carbonyl (C=O) groups excluding carboxylic acids is 1. The molecule has 0 spiro atoms. The van der Waals surface area contributed by atoms with E-state index in [9.17, 15) is 19.4 Å². The molecule has 3 aromatic heterocycles. The zero-order chi connectivity index (χ0) is 27.9. The van der Waals surface area contributed by atoms with Crippen LogP contribution in [0.5, 0.6) is 0 Å². The van der Waals surface area contributed by atoms with Gasteiger partial charge < -0.3 is 25.6 Å². The Labute approximate surface area is 213 Å². The van der Waals surface area contributed by atoms with E-state index in [1.54, 1.807) is 23.5 Å². The van der Waals surface area contributed by atoms with Crippen LogP contribution in [0.1, 0.15) is 15.9 Å². The minimum absolute atomic E-state index is 0.162. The summed E-state index contributed by atoms with van der Waals surface area (Å²) < 4.78 is 41.9. The second-order valence-electron chi connectivity index (χ2n) is 8.01. The van der Waals surface area contributed by atoms with Gasteiger partial charge in [-0.3, -0.25) is 14.3 Å². The molecular weight excluding hydrogens is 493 g/mol. The summed E-state index contributed by atoms with van der Waals surface area (Å²) in [6.45, 7) is -2.56. The molecule has 186 valence electrons. The number of fused-ring (bicyclic) bond motifs is 1. The number of likely N-dealkylation sites (N-methyl/N-ethyl adjacent to an activating group) is 1. The lowest BCUT2D eigenvalue weighted by Gasteiger charge is -2.17. The molecule has 4 heterocycles. The first-order valence-electron chi connectivity index (χ1n) is 12.2. The number of pyridine rings is 1. The van der Waals surface area contributed by atoms with Crippen molar-refractivity contribution in [2.45, 2.75) is 31.1 Å². The highest BCUT2D eigenvalue weighted by molar-refractivity contribution is 6.30. The van der Waals surface area contributed by atoms with E-state index in [1.165, 1.54) is 35.4 Å². The Morgan fingerprint density at radius 2 is 2.06 bits per heavy atom. The van der Waals surface area contributed by atoms with E-state index in [4.69, 9.17) is 20.5 Å². The minimum Gasteiger partial charge on any atom is -0.387 e. The van der Waals surface area contributed by atoms with E-state index >= 15 is 0 Å². The maximum atomic E-state index is 13.3. The topological polar surface area (TPSA) is 147 Å². The molecule has 1 aliphatic rings. The number of nitrogens with zero attached hydrogens (tertiary/aromatic N) is 5. The van der Waals surface area contributed by atoms with Crippen molar-refractivity contribution >= 4 is 34.5 Å². The summed E-state index contributed by atoms with van der Waals surface area (Å²) in [5, 5.41) is 26.4. The molecule has 0 aliphatic carbocycles. The first-order valence-corrected chi connectivity index (χ1v) is 11.1. The van der Waals surface area contributed by atoms with Crippen molar-refractivity contribution in [1.82, 2.24) is 29.8 Å². The molecule has 1 saturated heterocycles. The number of benzene rings is 1. The third-order valence-corrected chi connectivity index (χ3v) is 5.86. The number of amides is 1. The highest BCUT2D eigenvalue weighted by Gasteiger charge is 2.47. The lowest BCUT2D eigenvalue weighted by atomic mass is 10.1. The lowest BCUT2D eigenvalue weighted by Crippen LogP contribution is -2.41. The Morgan fingerprint density at radius 3 is 2.81 bits per heavy atom. The van der Waals surface area contributed by atoms with Gasteiger partial charge in [-0.1, -0.05) is 23.7 Å². The molecule has 13 heteroatoms. The first-order chi connectivity index (χ1) is 18.5. The van der Waals surface area contributed by atoms with Crippen molar-refractivity contribution in [3.8, 4) is 11.4 Å². The molecule has 4 atom stereocenters. The highest BCUT2D eigenvalue weighted by atomic mass is 35.5. The predicted octanol–water partition coefficient (Wildman–Crippen LogP) is 1.66. The molecule has 36 heavy (non-hydrogen) atoms. The van der Waals surface area contributed by atoms with Crippen molar-refractivity contribution in [2.75, 3.05) is 12.3 Å². The fourth-order valence-electron chi connectivity index (χ4n) is 3.85. The molecule has 1 fully saturated rings. The van der Waals surface area contributed by atoms with Gasteiger partial charge in [0, 0.05) is 35.6 Å². The van der Waals surface area contributed by atoms with E-state index in [1.807, 2.05) is 0 Å². The van der Waals surface area contributed by atoms with Gasteiger partial charge in [0.1, 0.15) is 18.0 Å². The number of nitrogens with one attached hydrogen (secondary N) is 2. The fourth-order valence-corrected chi connectivity index (χ4v) is 4.03. The van der Waals surface area contributed by atoms with E-state index in [0.29, 0.717) is 10.6 Å². The number of hydrogen-bond acceptors (Lipinski definition) is 9. The molecule has 0 radical (unpaired) electrons. The summed E-state index contributed by atoms with van der Waals surface area (Å²) in [6, 6.07) is 7.46. The number of rotatable bonds is 6. The van der Waals surface area contributed by atoms with Gasteiger partial charge in [-0.05, 0) is 23.8 Å². The smallest absolute Gasteiger partial charge is 0.251 e. The number of aliphatic hydroxyl groups excluding tert-OH is 2. The fraction of sp³-hybridized carbons (Fsp3) is 0.261. The molecule has 4 aromatic rings. The average molecular weight is 517 g/mol. The number of aliphatic hydroxyl groups is 2. The molecule has 1 aromatic carbocycles. The Morgan fingerprint density at radius 1 is 1.25 bits per heavy atom. The Balaban J connectivity index is 1.53. The summed E-state index contributed by atoms with van der Waals surface area (Å²) in [5.41, 5.74) is 1.64. The van der Waals surface area contributed by atoms with Gasteiger partial charge in [0.05, 0.1) is 11.3 Å². The van der Waals surface area contributed by atoms with Crippen molar-refractivity contribution < 1.29 is 28.2 Å². The van der Waals surface area contributed by atoms with Gasteiger partial charge in [0.15, 0.2) is 35.1 Å². The van der Waals surface area contributed by atoms with Crippen LogP contribution in [0.2, 0.25) is 5.02 Å². The Bertz CT molecular complexity index is 1520. The number of ether oxygens (including phenoxy) is 1. The second kappa shape index (κ2) is 9.74. The molecule has 0 saturated carbocycles. The Hall–Kier alpha value is -3.71. The maximum Gasteiger partial charge on any atom is 0.251 e. The standard InChI is InChI=1S/C23H21ClFN7O4/c1-26-22(35)18-16(33)17(34)23(36-18)32-10-29-15-20(28-7-11-2-4-14(25)5-3-11)30-19(31-21(15)32)12-6-13(24)9-27-8-12/h2-6,8-10,16-18,23,33-34H,7H2,1H3,(H,26,35)(H,28,30,31)/t16-,17+,18-,23+/m0/s1/i1D3. The maximum absolute atomic E-state index is 13.3. The molecule has 1 amide bonds. The summed E-state index contributed by atoms with van der Waals surface area (Å²) in [5.74, 6) is -1.02. The molecule has 5 rings (SSSR count). The van der Waals surface area contributed by atoms with Crippen LogP contribution in [0.15, 0.2) is 49.1 Å². The van der Waals surface area contributed by atoms with Crippen molar-refractivity contribution in [2.24, 2.45) is 0 Å². The summed E-state index contributed by atoms with van der Waals surface area (Å²) in [6.07, 6.45) is -2.15. The molecular formula is C23H21ClFN7O4. The Kier molecular flexibility index (Phi) is 5.54. The zero-order valence-corrected chi connectivity index (χ0v) is 19.1. The van der Waals surface area contributed by atoms with E-state index in [-0.39, 0.29) is 35.2 Å². The lowest BCUT2D eigenvalue weighted by molar-refractivity contribution is -0.137. The van der Waals surface area contributed by atoms with Gasteiger partial charge in [-0.15, -0.1) is 0 Å². The zero-order valence-electron chi connectivity index (χ0n) is 21.3. The number of imidazole rings is 1. The van der Waals surface area contributed by atoms with Crippen LogP contribution >= 0.6 is 11.6 Å². The first kappa shape index (κ1) is 20.5. The monoisotopic (exact) mass is 516 g/mol. The highest BCUT2D eigenvalue weighted by Crippen LogP contribution is 2.33. The summed E-state index contributed by atoms with van der Waals surface area (Å²) in [4.78, 5) is 29.9. The van der Waals surface area contributed by atoms with E-state index < -0.39 is 37.4 Å². The summed E-state index contributed by atoms with van der Waals surface area (Å²) >= 11 is 6.11. The predicted molar refractivity (Wildman–Crippen MR) is 127 cm³/mol. The van der Waals surface area contributed by atoms with Crippen molar-refractivity contribution in [3.05, 3.63) is 65.5 Å². The van der Waals surface area contributed by atoms with Crippen LogP contribution in [0.25, 0.3) is 22.6 Å². The number of aromatic nitrogens is 5. The third kappa shape index (κ3) is 4.46. The van der Waals surface area contributed by atoms with Gasteiger partial charge in [0.25, 0.3) is 5.91 Å². The van der Waals surface area contributed by atoms with Gasteiger partial charge in [0.2, 0.25) is 0 Å². The van der Waals surface area contributed by atoms with E-state index in [0.717, 1.165) is 5.56 Å². The molecule has 4 N–H and O–H groups in total. The molecule has 1 aliphatic heterocycles. The van der Waals surface area contributed by atoms with Crippen LogP contribution in [0.4, 0.5) is 10.2 Å². The van der Waals surface area contributed by atoms with Crippen LogP contribution < -0.4 is 10.6 Å². The number of halogens is 2. The van der Waals surface area contributed by atoms with E-state index in [2.05, 4.69) is 25.3 Å². The van der Waals surface area contributed by atoms with Gasteiger partial charge in [-0.25, -0.2) is 19.3 Å². The van der Waals surface area contributed by atoms with Crippen molar-refractivity contribution in [1.29, 1.82) is 0 Å². The van der Waals surface area contributed by atoms with Gasteiger partial charge >= 0.3 is 0 Å². The van der Waals surface area contributed by atoms with Crippen LogP contribution in [0, 0.1) is 5.82 Å². The number of anilines is 1. The van der Waals surface area contributed by atoms with Crippen molar-refractivity contribution in [3.63, 3.8) is 0 Å². The van der Waals surface area contributed by atoms with Gasteiger partial charge in [-0.2, -0.15) is 0 Å². The number of hydrogen-bond donors (Lipinski definition) is 4. The van der Waals surface area contributed by atoms with Crippen LogP contribution in [0.3, 0.4) is 0 Å².